The van der Waals surface area contributed by atoms with Crippen molar-refractivity contribution in [2.24, 2.45) is 5.92 Å². The normalized spacial score (nSPS) is 27.6. The van der Waals surface area contributed by atoms with Gasteiger partial charge in [0.05, 0.1) is 0 Å². The molecule has 0 amide bonds. The van der Waals surface area contributed by atoms with Crippen molar-refractivity contribution >= 4 is 11.8 Å². The Morgan fingerprint density at radius 1 is 1.25 bits per heavy atom. The molecule has 16 heavy (non-hydrogen) atoms. The SMILES string of the molecule is CNC1c2cc3c(cc2SCC1C)CCC3. The number of rotatable bonds is 1. The molecule has 0 bridgehead atoms. The Balaban J connectivity index is 2.08. The molecular weight excluding hydrogens is 214 g/mol. The Bertz CT molecular complexity index is 413. The zero-order chi connectivity index (χ0) is 11.1. The molecule has 0 radical (unpaired) electrons. The van der Waals surface area contributed by atoms with Crippen LogP contribution in [0.2, 0.25) is 0 Å². The summed E-state index contributed by atoms with van der Waals surface area (Å²) >= 11 is 2.04. The first-order chi connectivity index (χ1) is 7.79. The van der Waals surface area contributed by atoms with Crippen molar-refractivity contribution in [3.8, 4) is 0 Å². The molecule has 2 heteroatoms. The molecule has 1 aliphatic heterocycles. The molecule has 86 valence electrons. The monoisotopic (exact) mass is 233 g/mol. The molecule has 3 rings (SSSR count). The van der Waals surface area contributed by atoms with Gasteiger partial charge in [0.1, 0.15) is 0 Å². The van der Waals surface area contributed by atoms with Crippen LogP contribution in [-0.4, -0.2) is 12.8 Å². The standard InChI is InChI=1S/C14H19NS/c1-9-8-16-13-7-11-5-3-4-10(11)6-12(13)14(9)15-2/h6-7,9,14-15H,3-5,8H2,1-2H3. The highest BCUT2D eigenvalue weighted by Crippen LogP contribution is 2.42. The highest BCUT2D eigenvalue weighted by Gasteiger charge is 2.27. The van der Waals surface area contributed by atoms with E-state index in [1.165, 1.54) is 29.9 Å². The lowest BCUT2D eigenvalue weighted by Crippen LogP contribution is -2.28. The van der Waals surface area contributed by atoms with Crippen LogP contribution in [0.5, 0.6) is 0 Å². The molecule has 0 saturated carbocycles. The fourth-order valence-corrected chi connectivity index (χ4v) is 4.27. The number of benzene rings is 1. The van der Waals surface area contributed by atoms with Crippen molar-refractivity contribution in [3.63, 3.8) is 0 Å². The largest absolute Gasteiger partial charge is 0.313 e. The predicted octanol–water partition coefficient (Wildman–Crippen LogP) is 3.18. The van der Waals surface area contributed by atoms with E-state index in [1.807, 2.05) is 11.8 Å². The van der Waals surface area contributed by atoms with Crippen LogP contribution in [0.1, 0.15) is 36.1 Å². The van der Waals surface area contributed by atoms with E-state index in [0.717, 1.165) is 5.92 Å². The smallest absolute Gasteiger partial charge is 0.0362 e. The van der Waals surface area contributed by atoms with Gasteiger partial charge in [0.15, 0.2) is 0 Å². The molecule has 0 spiro atoms. The molecule has 0 saturated heterocycles. The quantitative estimate of drug-likeness (QED) is 0.799. The number of fused-ring (bicyclic) bond motifs is 2. The Morgan fingerprint density at radius 3 is 2.75 bits per heavy atom. The number of nitrogens with one attached hydrogen (secondary N) is 1. The van der Waals surface area contributed by atoms with Crippen LogP contribution in [0.25, 0.3) is 0 Å². The number of thioether (sulfide) groups is 1. The molecule has 0 fully saturated rings. The average molecular weight is 233 g/mol. The molecule has 1 nitrogen and oxygen atoms in total. The third kappa shape index (κ3) is 1.59. The summed E-state index contributed by atoms with van der Waals surface area (Å²) in [4.78, 5) is 1.53. The molecule has 1 N–H and O–H groups in total. The lowest BCUT2D eigenvalue weighted by Gasteiger charge is -2.31. The second-order valence-corrected chi connectivity index (χ2v) is 6.13. The van der Waals surface area contributed by atoms with Gasteiger partial charge in [-0.3, -0.25) is 0 Å². The molecule has 1 aromatic rings. The maximum atomic E-state index is 3.49. The highest BCUT2D eigenvalue weighted by atomic mass is 32.2. The van der Waals surface area contributed by atoms with Gasteiger partial charge in [0.2, 0.25) is 0 Å². The second kappa shape index (κ2) is 4.08. The maximum Gasteiger partial charge on any atom is 0.0362 e. The number of aryl methyl sites for hydroxylation is 2. The Kier molecular flexibility index (Phi) is 2.72. The first kappa shape index (κ1) is 10.7. The van der Waals surface area contributed by atoms with Gasteiger partial charge in [-0.2, -0.15) is 0 Å². The zero-order valence-electron chi connectivity index (χ0n) is 10.0. The average Bonchev–Trinajstić information content (AvgIpc) is 2.73. The van der Waals surface area contributed by atoms with Crippen molar-refractivity contribution in [2.45, 2.75) is 37.1 Å². The Hall–Kier alpha value is -0.470. The van der Waals surface area contributed by atoms with Crippen molar-refractivity contribution in [3.05, 3.63) is 28.8 Å². The van der Waals surface area contributed by atoms with Crippen molar-refractivity contribution in [1.82, 2.24) is 5.32 Å². The fourth-order valence-electron chi connectivity index (χ4n) is 3.05. The summed E-state index contributed by atoms with van der Waals surface area (Å²) in [6.45, 7) is 2.35. The summed E-state index contributed by atoms with van der Waals surface area (Å²) < 4.78 is 0. The Morgan fingerprint density at radius 2 is 2.00 bits per heavy atom. The lowest BCUT2D eigenvalue weighted by molar-refractivity contribution is 0.436. The van der Waals surface area contributed by atoms with E-state index in [4.69, 9.17) is 0 Å². The van der Waals surface area contributed by atoms with E-state index in [0.29, 0.717) is 6.04 Å². The number of hydrogen-bond acceptors (Lipinski definition) is 2. The predicted molar refractivity (Wildman–Crippen MR) is 70.2 cm³/mol. The third-order valence-corrected chi connectivity index (χ3v) is 5.30. The topological polar surface area (TPSA) is 12.0 Å². The van der Waals surface area contributed by atoms with E-state index in [2.05, 4.69) is 31.4 Å². The van der Waals surface area contributed by atoms with E-state index < -0.39 is 0 Å². The summed E-state index contributed by atoms with van der Waals surface area (Å²) in [6.07, 6.45) is 3.93. The van der Waals surface area contributed by atoms with E-state index >= 15 is 0 Å². The first-order valence-electron chi connectivity index (χ1n) is 6.25. The van der Waals surface area contributed by atoms with Crippen molar-refractivity contribution in [2.75, 3.05) is 12.8 Å². The number of hydrogen-bond donors (Lipinski definition) is 1. The highest BCUT2D eigenvalue weighted by molar-refractivity contribution is 7.99. The van der Waals surface area contributed by atoms with E-state index in [-0.39, 0.29) is 0 Å². The summed E-state index contributed by atoms with van der Waals surface area (Å²) in [5, 5.41) is 3.49. The van der Waals surface area contributed by atoms with Crippen molar-refractivity contribution in [1.29, 1.82) is 0 Å². The molecule has 1 heterocycles. The van der Waals surface area contributed by atoms with Crippen LogP contribution in [0.4, 0.5) is 0 Å². The van der Waals surface area contributed by atoms with E-state index in [1.54, 1.807) is 16.7 Å². The van der Waals surface area contributed by atoms with Gasteiger partial charge in [-0.1, -0.05) is 13.0 Å². The van der Waals surface area contributed by atoms with E-state index in [9.17, 15) is 0 Å². The third-order valence-electron chi connectivity index (χ3n) is 3.94. The summed E-state index contributed by atoms with van der Waals surface area (Å²) in [7, 11) is 2.09. The van der Waals surface area contributed by atoms with Gasteiger partial charge >= 0.3 is 0 Å². The van der Waals surface area contributed by atoms with Crippen LogP contribution in [0.3, 0.4) is 0 Å². The minimum Gasteiger partial charge on any atom is -0.313 e. The van der Waals surface area contributed by atoms with Gasteiger partial charge in [-0.15, -0.1) is 11.8 Å². The lowest BCUT2D eigenvalue weighted by atomic mass is 9.93. The Labute approximate surface area is 102 Å². The molecule has 2 unspecified atom stereocenters. The van der Waals surface area contributed by atoms with Gasteiger partial charge in [0, 0.05) is 16.7 Å². The van der Waals surface area contributed by atoms with Crippen molar-refractivity contribution < 1.29 is 0 Å². The minimum absolute atomic E-state index is 0.558. The molecule has 0 aromatic heterocycles. The summed E-state index contributed by atoms with van der Waals surface area (Å²) in [6, 6.07) is 5.49. The molecule has 2 atom stereocenters. The summed E-state index contributed by atoms with van der Waals surface area (Å²) in [5.41, 5.74) is 4.76. The molecule has 1 aliphatic carbocycles. The zero-order valence-corrected chi connectivity index (χ0v) is 10.9. The second-order valence-electron chi connectivity index (χ2n) is 5.07. The van der Waals surface area contributed by atoms with Crippen LogP contribution in [-0.2, 0) is 12.8 Å². The van der Waals surface area contributed by atoms with Gasteiger partial charge < -0.3 is 5.32 Å². The van der Waals surface area contributed by atoms with Crippen LogP contribution in [0, 0.1) is 5.92 Å². The van der Waals surface area contributed by atoms with Crippen LogP contribution >= 0.6 is 11.8 Å². The van der Waals surface area contributed by atoms with Gasteiger partial charge in [-0.25, -0.2) is 0 Å². The molecule has 1 aromatic carbocycles. The van der Waals surface area contributed by atoms with Gasteiger partial charge in [-0.05, 0) is 55.0 Å². The molecular formula is C14H19NS. The molecule has 2 aliphatic rings. The van der Waals surface area contributed by atoms with Crippen LogP contribution in [0.15, 0.2) is 17.0 Å². The summed E-state index contributed by atoms with van der Waals surface area (Å²) in [5.74, 6) is 1.99. The first-order valence-corrected chi connectivity index (χ1v) is 7.24. The maximum absolute atomic E-state index is 3.49. The minimum atomic E-state index is 0.558. The van der Waals surface area contributed by atoms with Gasteiger partial charge in [0.25, 0.3) is 0 Å². The fraction of sp³-hybridized carbons (Fsp3) is 0.571. The van der Waals surface area contributed by atoms with Crippen LogP contribution < -0.4 is 5.32 Å².